The third-order valence-corrected chi connectivity index (χ3v) is 2.49. The van der Waals surface area contributed by atoms with Gasteiger partial charge in [0.15, 0.2) is 0 Å². The van der Waals surface area contributed by atoms with Crippen LogP contribution >= 0.6 is 11.6 Å². The van der Waals surface area contributed by atoms with Gasteiger partial charge < -0.3 is 10.1 Å². The summed E-state index contributed by atoms with van der Waals surface area (Å²) in [4.78, 5) is 11.1. The van der Waals surface area contributed by atoms with Crippen LogP contribution in [0.4, 0.5) is 0 Å². The van der Waals surface area contributed by atoms with E-state index in [4.69, 9.17) is 16.3 Å². The van der Waals surface area contributed by atoms with E-state index in [0.29, 0.717) is 0 Å². The molecular formula is C12H16ClNO2. The lowest BCUT2D eigenvalue weighted by Crippen LogP contribution is -2.34. The zero-order chi connectivity index (χ0) is 12.0. The molecule has 0 aromatic heterocycles. The fourth-order valence-electron chi connectivity index (χ4n) is 1.57. The molecule has 1 aromatic carbocycles. The van der Waals surface area contributed by atoms with Crippen LogP contribution in [0.25, 0.3) is 0 Å². The number of nitrogens with one attached hydrogen (secondary N) is 1. The van der Waals surface area contributed by atoms with Crippen LogP contribution in [-0.2, 0) is 11.2 Å². The Morgan fingerprint density at radius 2 is 2.19 bits per heavy atom. The highest BCUT2D eigenvalue weighted by Gasteiger charge is 2.09. The number of carbonyl (C=O) groups excluding carboxylic acids is 1. The van der Waals surface area contributed by atoms with E-state index in [0.717, 1.165) is 17.7 Å². The van der Waals surface area contributed by atoms with Crippen molar-refractivity contribution in [3.05, 3.63) is 29.8 Å². The molecule has 0 heterocycles. The van der Waals surface area contributed by atoms with Gasteiger partial charge in [0.05, 0.1) is 7.11 Å². The molecule has 0 aliphatic carbocycles. The fraction of sp³-hybridized carbons (Fsp3) is 0.417. The summed E-state index contributed by atoms with van der Waals surface area (Å²) in [5.41, 5.74) is 1.08. The van der Waals surface area contributed by atoms with Gasteiger partial charge in [-0.05, 0) is 25.0 Å². The summed E-state index contributed by atoms with van der Waals surface area (Å²) in [6.07, 6.45) is 0.729. The SMILES string of the molecule is COc1ccccc1C[C@@H](C)NC(=O)CCl. The monoisotopic (exact) mass is 241 g/mol. The molecular weight excluding hydrogens is 226 g/mol. The highest BCUT2D eigenvalue weighted by Crippen LogP contribution is 2.18. The molecule has 4 heteroatoms. The van der Waals surface area contributed by atoms with Crippen LogP contribution in [-0.4, -0.2) is 24.9 Å². The lowest BCUT2D eigenvalue weighted by Gasteiger charge is -2.15. The Morgan fingerprint density at radius 3 is 2.81 bits per heavy atom. The minimum Gasteiger partial charge on any atom is -0.496 e. The van der Waals surface area contributed by atoms with Crippen LogP contribution in [0.2, 0.25) is 0 Å². The van der Waals surface area contributed by atoms with Crippen molar-refractivity contribution in [1.29, 1.82) is 0 Å². The maximum atomic E-state index is 11.1. The standard InChI is InChI=1S/C12H16ClNO2/c1-9(14-12(15)8-13)7-10-5-3-4-6-11(10)16-2/h3-6,9H,7-8H2,1-2H3,(H,14,15)/t9-/m1/s1. The van der Waals surface area contributed by atoms with Crippen LogP contribution in [0, 0.1) is 0 Å². The second-order valence-corrected chi connectivity index (χ2v) is 3.89. The maximum Gasteiger partial charge on any atom is 0.235 e. The molecule has 0 saturated heterocycles. The van der Waals surface area contributed by atoms with Gasteiger partial charge in [-0.3, -0.25) is 4.79 Å². The third kappa shape index (κ3) is 3.74. The summed E-state index contributed by atoms with van der Waals surface area (Å²) in [6, 6.07) is 7.81. The van der Waals surface area contributed by atoms with Crippen LogP contribution < -0.4 is 10.1 Å². The number of ether oxygens (including phenoxy) is 1. The number of rotatable bonds is 5. The highest BCUT2D eigenvalue weighted by molar-refractivity contribution is 6.27. The topological polar surface area (TPSA) is 38.3 Å². The minimum atomic E-state index is -0.149. The van der Waals surface area contributed by atoms with E-state index in [1.165, 1.54) is 0 Å². The lowest BCUT2D eigenvalue weighted by atomic mass is 10.1. The van der Waals surface area contributed by atoms with Crippen molar-refractivity contribution in [2.45, 2.75) is 19.4 Å². The van der Waals surface area contributed by atoms with Crippen LogP contribution in [0.3, 0.4) is 0 Å². The molecule has 0 fully saturated rings. The number of methoxy groups -OCH3 is 1. The number of amides is 1. The Balaban J connectivity index is 2.61. The first-order valence-corrected chi connectivity index (χ1v) is 5.68. The quantitative estimate of drug-likeness (QED) is 0.801. The molecule has 0 radical (unpaired) electrons. The number of hydrogen-bond donors (Lipinski definition) is 1. The first-order chi connectivity index (χ1) is 7.67. The summed E-state index contributed by atoms with van der Waals surface area (Å²) in [7, 11) is 1.64. The minimum absolute atomic E-state index is 0.00371. The number of benzene rings is 1. The molecule has 0 aliphatic heterocycles. The molecule has 3 nitrogen and oxygen atoms in total. The highest BCUT2D eigenvalue weighted by atomic mass is 35.5. The number of hydrogen-bond acceptors (Lipinski definition) is 2. The molecule has 16 heavy (non-hydrogen) atoms. The van der Waals surface area contributed by atoms with Gasteiger partial charge >= 0.3 is 0 Å². The van der Waals surface area contributed by atoms with Crippen LogP contribution in [0.1, 0.15) is 12.5 Å². The molecule has 0 bridgehead atoms. The Hall–Kier alpha value is -1.22. The Morgan fingerprint density at radius 1 is 1.50 bits per heavy atom. The molecule has 1 rings (SSSR count). The molecule has 1 aromatic rings. The number of alkyl halides is 1. The van der Waals surface area contributed by atoms with Crippen molar-refractivity contribution in [3.63, 3.8) is 0 Å². The van der Waals surface area contributed by atoms with Crippen molar-refractivity contribution in [3.8, 4) is 5.75 Å². The second kappa shape index (κ2) is 6.38. The van der Waals surface area contributed by atoms with E-state index >= 15 is 0 Å². The first-order valence-electron chi connectivity index (χ1n) is 5.14. The molecule has 0 unspecified atom stereocenters. The van der Waals surface area contributed by atoms with Gasteiger partial charge in [0, 0.05) is 6.04 Å². The summed E-state index contributed by atoms with van der Waals surface area (Å²) < 4.78 is 5.24. The van der Waals surface area contributed by atoms with E-state index in [1.54, 1.807) is 7.11 Å². The van der Waals surface area contributed by atoms with Crippen molar-refractivity contribution in [2.75, 3.05) is 13.0 Å². The third-order valence-electron chi connectivity index (χ3n) is 2.25. The molecule has 88 valence electrons. The van der Waals surface area contributed by atoms with Crippen molar-refractivity contribution < 1.29 is 9.53 Å². The Bertz CT molecular complexity index is 355. The van der Waals surface area contributed by atoms with Gasteiger partial charge in [-0.1, -0.05) is 18.2 Å². The normalized spacial score (nSPS) is 11.9. The molecule has 0 aliphatic rings. The van der Waals surface area contributed by atoms with Gasteiger partial charge in [0.2, 0.25) is 5.91 Å². The zero-order valence-corrected chi connectivity index (χ0v) is 10.3. The van der Waals surface area contributed by atoms with Crippen molar-refractivity contribution in [2.24, 2.45) is 0 Å². The van der Waals surface area contributed by atoms with Crippen molar-refractivity contribution in [1.82, 2.24) is 5.32 Å². The summed E-state index contributed by atoms with van der Waals surface area (Å²) >= 11 is 5.42. The number of para-hydroxylation sites is 1. The van der Waals surface area contributed by atoms with E-state index in [1.807, 2.05) is 31.2 Å². The zero-order valence-electron chi connectivity index (χ0n) is 9.50. The summed E-state index contributed by atoms with van der Waals surface area (Å²) in [5, 5.41) is 2.80. The fourth-order valence-corrected chi connectivity index (χ4v) is 1.64. The smallest absolute Gasteiger partial charge is 0.235 e. The maximum absolute atomic E-state index is 11.1. The van der Waals surface area contributed by atoms with Gasteiger partial charge in [-0.2, -0.15) is 0 Å². The Labute approximate surface area is 101 Å². The van der Waals surface area contributed by atoms with Gasteiger partial charge in [0.25, 0.3) is 0 Å². The van der Waals surface area contributed by atoms with Crippen LogP contribution in [0.15, 0.2) is 24.3 Å². The molecule has 1 N–H and O–H groups in total. The van der Waals surface area contributed by atoms with Crippen LogP contribution in [0.5, 0.6) is 5.75 Å². The number of halogens is 1. The lowest BCUT2D eigenvalue weighted by molar-refractivity contribution is -0.119. The van der Waals surface area contributed by atoms with E-state index in [9.17, 15) is 4.79 Å². The first kappa shape index (κ1) is 12.8. The largest absolute Gasteiger partial charge is 0.496 e. The predicted octanol–water partition coefficient (Wildman–Crippen LogP) is 1.98. The molecule has 0 spiro atoms. The van der Waals surface area contributed by atoms with Gasteiger partial charge in [-0.25, -0.2) is 0 Å². The van der Waals surface area contributed by atoms with E-state index < -0.39 is 0 Å². The van der Waals surface area contributed by atoms with Crippen molar-refractivity contribution >= 4 is 17.5 Å². The molecule has 1 atom stereocenters. The molecule has 1 amide bonds. The number of carbonyl (C=O) groups is 1. The average molecular weight is 242 g/mol. The second-order valence-electron chi connectivity index (χ2n) is 3.62. The summed E-state index contributed by atoms with van der Waals surface area (Å²) in [5.74, 6) is 0.689. The average Bonchev–Trinajstić information content (AvgIpc) is 2.29. The van der Waals surface area contributed by atoms with Gasteiger partial charge in [-0.15, -0.1) is 11.6 Å². The van der Waals surface area contributed by atoms with Gasteiger partial charge in [0.1, 0.15) is 11.6 Å². The predicted molar refractivity (Wildman–Crippen MR) is 65.0 cm³/mol. The Kier molecular flexibility index (Phi) is 5.12. The summed E-state index contributed by atoms with van der Waals surface area (Å²) in [6.45, 7) is 1.94. The van der Waals surface area contributed by atoms with E-state index in [-0.39, 0.29) is 17.8 Å². The molecule has 0 saturated carbocycles. The van der Waals surface area contributed by atoms with E-state index in [2.05, 4.69) is 5.32 Å².